The van der Waals surface area contributed by atoms with Crippen molar-refractivity contribution in [2.75, 3.05) is 17.6 Å². The van der Waals surface area contributed by atoms with Gasteiger partial charge in [0, 0.05) is 30.9 Å². The summed E-state index contributed by atoms with van der Waals surface area (Å²) in [6, 6.07) is 7.67. The zero-order valence-electron chi connectivity index (χ0n) is 16.7. The summed E-state index contributed by atoms with van der Waals surface area (Å²) < 4.78 is 1.77. The third kappa shape index (κ3) is 4.63. The lowest BCUT2D eigenvalue weighted by atomic mass is 9.78. The van der Waals surface area contributed by atoms with Gasteiger partial charge in [0.25, 0.3) is 5.91 Å². The van der Waals surface area contributed by atoms with Gasteiger partial charge in [-0.25, -0.2) is 0 Å². The second kappa shape index (κ2) is 8.98. The van der Waals surface area contributed by atoms with E-state index in [1.807, 2.05) is 25.2 Å². The molecule has 1 saturated carbocycles. The molecule has 1 saturated heterocycles. The fraction of sp³-hybridized carbons (Fsp3) is 0.524. The second-order valence-electron chi connectivity index (χ2n) is 7.89. The van der Waals surface area contributed by atoms with E-state index in [4.69, 9.17) is 0 Å². The molecular formula is C21H27N5O2S. The van der Waals surface area contributed by atoms with E-state index in [1.54, 1.807) is 17.0 Å². The van der Waals surface area contributed by atoms with Gasteiger partial charge in [0.15, 0.2) is 5.16 Å². The number of hydrogen-bond donors (Lipinski definition) is 1. The molecule has 0 bridgehead atoms. The molecule has 1 aromatic heterocycles. The molecule has 4 rings (SSSR count). The maximum Gasteiger partial charge on any atom is 0.254 e. The average Bonchev–Trinajstić information content (AvgIpc) is 3.16. The number of hydrogen-bond acceptors (Lipinski definition) is 5. The number of aryl methyl sites for hydroxylation is 1. The Hall–Kier alpha value is -2.35. The minimum absolute atomic E-state index is 0.0890. The van der Waals surface area contributed by atoms with Crippen molar-refractivity contribution in [3.63, 3.8) is 0 Å². The fourth-order valence-corrected chi connectivity index (χ4v) is 5.19. The first-order chi connectivity index (χ1) is 14.1. The number of thioether (sulfide) groups is 1. The molecule has 2 aliphatic rings. The standard InChI is InChI=1S/C21H27N5O2S/c1-25-14-22-24-21(25)29-13-19(27)23-17-9-4-7-16(12-17)20(28)26-11-5-8-15-6-2-3-10-18(15)26/h4,7,9,12,14-15,18H,2-3,5-6,8,10-11,13H2,1H3,(H,23,27). The molecule has 2 heterocycles. The summed E-state index contributed by atoms with van der Waals surface area (Å²) in [5, 5.41) is 11.3. The molecule has 1 aromatic carbocycles. The lowest BCUT2D eigenvalue weighted by molar-refractivity contribution is -0.113. The largest absolute Gasteiger partial charge is 0.335 e. The van der Waals surface area contributed by atoms with Crippen molar-refractivity contribution in [3.05, 3.63) is 36.2 Å². The normalized spacial score (nSPS) is 21.5. The number of nitrogens with zero attached hydrogens (tertiary/aromatic N) is 4. The minimum atomic E-state index is -0.132. The van der Waals surface area contributed by atoms with Crippen molar-refractivity contribution < 1.29 is 9.59 Å². The van der Waals surface area contributed by atoms with E-state index in [1.165, 1.54) is 37.4 Å². The lowest BCUT2D eigenvalue weighted by Gasteiger charge is -2.44. The third-order valence-electron chi connectivity index (χ3n) is 5.90. The van der Waals surface area contributed by atoms with Crippen molar-refractivity contribution in [1.29, 1.82) is 0 Å². The van der Waals surface area contributed by atoms with Gasteiger partial charge in [0.05, 0.1) is 5.75 Å². The fourth-order valence-electron chi connectivity index (χ4n) is 4.50. The van der Waals surface area contributed by atoms with Crippen LogP contribution in [0, 0.1) is 5.92 Å². The number of piperidine rings is 1. The van der Waals surface area contributed by atoms with E-state index in [9.17, 15) is 9.59 Å². The smallest absolute Gasteiger partial charge is 0.254 e. The number of aromatic nitrogens is 3. The predicted molar refractivity (Wildman–Crippen MR) is 113 cm³/mol. The highest BCUT2D eigenvalue weighted by Crippen LogP contribution is 2.36. The summed E-state index contributed by atoms with van der Waals surface area (Å²) >= 11 is 1.33. The second-order valence-corrected chi connectivity index (χ2v) is 8.84. The molecule has 2 amide bonds. The first kappa shape index (κ1) is 19.9. The highest BCUT2D eigenvalue weighted by molar-refractivity contribution is 7.99. The number of carbonyl (C=O) groups excluding carboxylic acids is 2. The zero-order chi connectivity index (χ0) is 20.2. The van der Waals surface area contributed by atoms with Gasteiger partial charge in [0.1, 0.15) is 6.33 Å². The maximum atomic E-state index is 13.2. The van der Waals surface area contributed by atoms with Gasteiger partial charge >= 0.3 is 0 Å². The van der Waals surface area contributed by atoms with E-state index in [0.717, 1.165) is 19.4 Å². The third-order valence-corrected chi connectivity index (χ3v) is 6.93. The van der Waals surface area contributed by atoms with Gasteiger partial charge in [-0.3, -0.25) is 9.59 Å². The van der Waals surface area contributed by atoms with Crippen LogP contribution in [0.15, 0.2) is 35.7 Å². The molecule has 154 valence electrons. The maximum absolute atomic E-state index is 13.2. The summed E-state index contributed by atoms with van der Waals surface area (Å²) in [5.74, 6) is 0.849. The van der Waals surface area contributed by atoms with Crippen LogP contribution in [0.5, 0.6) is 0 Å². The predicted octanol–water partition coefficient (Wildman–Crippen LogP) is 3.34. The summed E-state index contributed by atoms with van der Waals surface area (Å²) in [6.07, 6.45) is 8.80. The van der Waals surface area contributed by atoms with Gasteiger partial charge in [0.2, 0.25) is 5.91 Å². The van der Waals surface area contributed by atoms with Crippen LogP contribution in [0.2, 0.25) is 0 Å². The summed E-state index contributed by atoms with van der Waals surface area (Å²) in [4.78, 5) is 27.6. The van der Waals surface area contributed by atoms with Crippen LogP contribution < -0.4 is 5.32 Å². The molecule has 2 atom stereocenters. The molecule has 8 heteroatoms. The van der Waals surface area contributed by atoms with E-state index in [0.29, 0.717) is 28.4 Å². The summed E-state index contributed by atoms with van der Waals surface area (Å²) in [5.41, 5.74) is 1.30. The molecule has 1 aliphatic heterocycles. The van der Waals surface area contributed by atoms with Crippen LogP contribution >= 0.6 is 11.8 Å². The van der Waals surface area contributed by atoms with E-state index >= 15 is 0 Å². The van der Waals surface area contributed by atoms with Crippen molar-refractivity contribution in [2.45, 2.75) is 49.7 Å². The molecule has 0 spiro atoms. The van der Waals surface area contributed by atoms with E-state index in [2.05, 4.69) is 20.4 Å². The van der Waals surface area contributed by atoms with Crippen molar-refractivity contribution in [1.82, 2.24) is 19.7 Å². The van der Waals surface area contributed by atoms with Gasteiger partial charge in [-0.15, -0.1) is 10.2 Å². The Bertz CT molecular complexity index is 881. The Morgan fingerprint density at radius 2 is 2.03 bits per heavy atom. The average molecular weight is 414 g/mol. The molecule has 7 nitrogen and oxygen atoms in total. The quantitative estimate of drug-likeness (QED) is 0.761. The zero-order valence-corrected chi connectivity index (χ0v) is 17.5. The SMILES string of the molecule is Cn1cnnc1SCC(=O)Nc1cccc(C(=O)N2CCCC3CCCCC32)c1. The van der Waals surface area contributed by atoms with E-state index < -0.39 is 0 Å². The van der Waals surface area contributed by atoms with Crippen LogP contribution in [0.4, 0.5) is 5.69 Å². The number of likely N-dealkylation sites (tertiary alicyclic amines) is 1. The van der Waals surface area contributed by atoms with Crippen molar-refractivity contribution >= 4 is 29.3 Å². The highest BCUT2D eigenvalue weighted by Gasteiger charge is 2.35. The Balaban J connectivity index is 1.39. The number of amides is 2. The molecule has 29 heavy (non-hydrogen) atoms. The first-order valence-corrected chi connectivity index (χ1v) is 11.3. The van der Waals surface area contributed by atoms with Gasteiger partial charge in [-0.1, -0.05) is 30.7 Å². The number of nitrogens with one attached hydrogen (secondary N) is 1. The minimum Gasteiger partial charge on any atom is -0.335 e. The Morgan fingerprint density at radius 3 is 2.86 bits per heavy atom. The first-order valence-electron chi connectivity index (χ1n) is 10.3. The molecule has 1 aliphatic carbocycles. The van der Waals surface area contributed by atoms with E-state index in [-0.39, 0.29) is 17.6 Å². The monoisotopic (exact) mass is 413 g/mol. The van der Waals surface area contributed by atoms with Crippen LogP contribution in [0.1, 0.15) is 48.9 Å². The van der Waals surface area contributed by atoms with Gasteiger partial charge in [-0.05, 0) is 49.8 Å². The highest BCUT2D eigenvalue weighted by atomic mass is 32.2. The number of benzene rings is 1. The topological polar surface area (TPSA) is 80.1 Å². The molecule has 2 aromatic rings. The van der Waals surface area contributed by atoms with Crippen LogP contribution in [0.25, 0.3) is 0 Å². The van der Waals surface area contributed by atoms with Gasteiger partial charge in [-0.2, -0.15) is 0 Å². The molecule has 0 radical (unpaired) electrons. The van der Waals surface area contributed by atoms with Crippen LogP contribution in [-0.2, 0) is 11.8 Å². The Morgan fingerprint density at radius 1 is 1.21 bits per heavy atom. The Labute approximate surface area is 175 Å². The lowest BCUT2D eigenvalue weighted by Crippen LogP contribution is -2.49. The van der Waals surface area contributed by atoms with Crippen LogP contribution in [0.3, 0.4) is 0 Å². The molecular weight excluding hydrogens is 386 g/mol. The number of rotatable bonds is 5. The number of anilines is 1. The molecule has 1 N–H and O–H groups in total. The van der Waals surface area contributed by atoms with Crippen molar-refractivity contribution in [2.24, 2.45) is 13.0 Å². The van der Waals surface area contributed by atoms with Gasteiger partial charge < -0.3 is 14.8 Å². The van der Waals surface area contributed by atoms with Crippen molar-refractivity contribution in [3.8, 4) is 0 Å². The van der Waals surface area contributed by atoms with Crippen LogP contribution in [-0.4, -0.2) is 49.8 Å². The molecule has 2 unspecified atom stereocenters. The molecule has 2 fully saturated rings. The summed E-state index contributed by atoms with van der Waals surface area (Å²) in [7, 11) is 1.84. The Kier molecular flexibility index (Phi) is 6.18. The number of fused-ring (bicyclic) bond motifs is 1. The summed E-state index contributed by atoms with van der Waals surface area (Å²) in [6.45, 7) is 0.838. The number of carbonyl (C=O) groups is 2.